The quantitative estimate of drug-likeness (QED) is 0.400. The highest BCUT2D eigenvalue weighted by molar-refractivity contribution is 7.89. The Hall–Kier alpha value is -2.39. The third-order valence-corrected chi connectivity index (χ3v) is 7.50. The molecule has 9 heteroatoms. The number of rotatable bonds is 11. The maximum Gasteiger partial charge on any atom is 0.325 e. The van der Waals surface area contributed by atoms with Crippen LogP contribution >= 0.6 is 0 Å². The minimum atomic E-state index is -3.47. The van der Waals surface area contributed by atoms with E-state index in [1.54, 1.807) is 19.1 Å². The number of ether oxygens (including phenoxy) is 1. The van der Waals surface area contributed by atoms with Crippen molar-refractivity contribution in [2.24, 2.45) is 5.92 Å². The number of carbonyl (C=O) groups is 2. The number of sulfonamides is 1. The molecule has 2 aliphatic carbocycles. The van der Waals surface area contributed by atoms with E-state index in [4.69, 9.17) is 4.74 Å². The summed E-state index contributed by atoms with van der Waals surface area (Å²) in [4.78, 5) is 24.5. The van der Waals surface area contributed by atoms with E-state index in [0.717, 1.165) is 30.8 Å². The molecule has 31 heavy (non-hydrogen) atoms. The van der Waals surface area contributed by atoms with Crippen molar-refractivity contribution in [2.45, 2.75) is 50.6 Å². The number of nitrogens with one attached hydrogen (secondary N) is 2. The number of hydrogen-bond donors (Lipinski definition) is 2. The molecule has 0 radical (unpaired) electrons. The molecule has 1 aromatic carbocycles. The van der Waals surface area contributed by atoms with Gasteiger partial charge in [-0.15, -0.1) is 0 Å². The highest BCUT2D eigenvalue weighted by Gasteiger charge is 2.47. The van der Waals surface area contributed by atoms with Gasteiger partial charge in [-0.25, -0.2) is 17.9 Å². The minimum absolute atomic E-state index is 0.0379. The second kappa shape index (κ2) is 8.63. The van der Waals surface area contributed by atoms with Crippen molar-refractivity contribution in [3.05, 3.63) is 42.0 Å². The van der Waals surface area contributed by atoms with Gasteiger partial charge in [0.2, 0.25) is 10.0 Å². The lowest BCUT2D eigenvalue weighted by molar-refractivity contribution is -0.120. The predicted octanol–water partition coefficient (Wildman–Crippen LogP) is 2.27. The summed E-state index contributed by atoms with van der Waals surface area (Å²) in [5.41, 5.74) is 0.406. The molecule has 1 aliphatic heterocycles. The molecule has 0 aromatic heterocycles. The zero-order valence-electron chi connectivity index (χ0n) is 17.7. The number of allylic oxidation sites excluding steroid dienone is 1. The summed E-state index contributed by atoms with van der Waals surface area (Å²) in [7, 11) is -3.47. The number of amides is 3. The average molecular weight is 448 g/mol. The zero-order chi connectivity index (χ0) is 22.1. The fraction of sp³-hybridized carbons (Fsp3) is 0.545. The van der Waals surface area contributed by atoms with Gasteiger partial charge in [0.1, 0.15) is 11.8 Å². The van der Waals surface area contributed by atoms with E-state index in [2.05, 4.69) is 10.0 Å². The lowest BCUT2D eigenvalue weighted by Gasteiger charge is -2.19. The fourth-order valence-electron chi connectivity index (χ4n) is 3.67. The van der Waals surface area contributed by atoms with E-state index < -0.39 is 27.6 Å². The third kappa shape index (κ3) is 5.46. The molecule has 168 valence electrons. The topological polar surface area (TPSA) is 105 Å². The number of carbonyl (C=O) groups excluding carboxylic acids is 2. The summed E-state index contributed by atoms with van der Waals surface area (Å²) >= 11 is 0. The second-order valence-electron chi connectivity index (χ2n) is 8.67. The van der Waals surface area contributed by atoms with Crippen molar-refractivity contribution >= 4 is 22.0 Å². The monoisotopic (exact) mass is 447 g/mol. The Morgan fingerprint density at radius 2 is 2.03 bits per heavy atom. The number of imide groups is 1. The molecule has 2 saturated carbocycles. The van der Waals surface area contributed by atoms with Gasteiger partial charge in [0.05, 0.1) is 17.9 Å². The molecule has 3 aliphatic rings. The summed E-state index contributed by atoms with van der Waals surface area (Å²) < 4.78 is 34.0. The van der Waals surface area contributed by atoms with Crippen LogP contribution < -0.4 is 14.8 Å². The summed E-state index contributed by atoms with van der Waals surface area (Å²) in [6, 6.07) is 6.78. The van der Waals surface area contributed by atoms with E-state index >= 15 is 0 Å². The normalized spacial score (nSPS) is 22.7. The van der Waals surface area contributed by atoms with Gasteiger partial charge >= 0.3 is 6.03 Å². The Kier molecular flexibility index (Phi) is 6.07. The van der Waals surface area contributed by atoms with Crippen LogP contribution in [-0.4, -0.2) is 50.2 Å². The molecule has 0 spiro atoms. The number of hydrogen-bond acceptors (Lipinski definition) is 5. The van der Waals surface area contributed by atoms with Gasteiger partial charge in [-0.1, -0.05) is 24.3 Å². The van der Waals surface area contributed by atoms with Crippen LogP contribution in [0.5, 0.6) is 5.75 Å². The van der Waals surface area contributed by atoms with Crippen molar-refractivity contribution in [1.29, 1.82) is 0 Å². The summed E-state index contributed by atoms with van der Waals surface area (Å²) in [6.45, 7) is 2.65. The Bertz CT molecular complexity index is 983. The second-order valence-corrected chi connectivity index (χ2v) is 10.5. The van der Waals surface area contributed by atoms with Crippen molar-refractivity contribution in [3.63, 3.8) is 0 Å². The van der Waals surface area contributed by atoms with Crippen molar-refractivity contribution in [3.8, 4) is 5.75 Å². The van der Waals surface area contributed by atoms with E-state index in [1.807, 2.05) is 24.3 Å². The molecule has 1 aromatic rings. The van der Waals surface area contributed by atoms with Crippen LogP contribution in [0.3, 0.4) is 0 Å². The number of benzene rings is 1. The Labute approximate surface area is 183 Å². The van der Waals surface area contributed by atoms with Crippen molar-refractivity contribution < 1.29 is 22.7 Å². The first-order valence-electron chi connectivity index (χ1n) is 10.8. The van der Waals surface area contributed by atoms with Crippen LogP contribution in [0.2, 0.25) is 0 Å². The van der Waals surface area contributed by atoms with Crippen LogP contribution in [-0.2, 0) is 20.4 Å². The number of nitrogens with zero attached hydrogens (tertiary/aromatic N) is 1. The fourth-order valence-corrected chi connectivity index (χ4v) is 5.14. The summed E-state index contributed by atoms with van der Waals surface area (Å²) in [5, 5.41) is 2.25. The van der Waals surface area contributed by atoms with Gasteiger partial charge in [-0.2, -0.15) is 0 Å². The van der Waals surface area contributed by atoms with Gasteiger partial charge in [0, 0.05) is 6.54 Å². The third-order valence-electron chi connectivity index (χ3n) is 6.03. The smallest absolute Gasteiger partial charge is 0.325 e. The lowest BCUT2D eigenvalue weighted by atomic mass is 10.1. The van der Waals surface area contributed by atoms with E-state index in [0.29, 0.717) is 12.3 Å². The van der Waals surface area contributed by atoms with Gasteiger partial charge in [-0.05, 0) is 62.6 Å². The average Bonchev–Trinajstić information content (AvgIpc) is 3.64. The lowest BCUT2D eigenvalue weighted by Crippen LogP contribution is -2.36. The van der Waals surface area contributed by atoms with Gasteiger partial charge in [0.25, 0.3) is 5.91 Å². The Morgan fingerprint density at radius 1 is 1.26 bits per heavy atom. The van der Waals surface area contributed by atoms with Gasteiger partial charge in [0.15, 0.2) is 0 Å². The van der Waals surface area contributed by atoms with Crippen LogP contribution in [0, 0.1) is 5.92 Å². The van der Waals surface area contributed by atoms with Gasteiger partial charge in [-0.3, -0.25) is 10.1 Å². The Balaban J connectivity index is 1.28. The number of urea groups is 1. The first-order valence-corrected chi connectivity index (χ1v) is 12.4. The van der Waals surface area contributed by atoms with Crippen molar-refractivity contribution in [1.82, 2.24) is 14.9 Å². The van der Waals surface area contributed by atoms with E-state index in [-0.39, 0.29) is 18.2 Å². The highest BCUT2D eigenvalue weighted by atomic mass is 32.2. The molecular formula is C22H29N3O5S. The van der Waals surface area contributed by atoms with Crippen LogP contribution in [0.4, 0.5) is 4.79 Å². The van der Waals surface area contributed by atoms with Crippen molar-refractivity contribution in [2.75, 3.05) is 18.9 Å². The summed E-state index contributed by atoms with van der Waals surface area (Å²) in [5.74, 6) is 1.09. The standard InChI is InChI=1S/C22H29N3O5S/c1-16-20(26)23-21(27)25(16)12-3-2-4-13-31(28,29)24-22(10-11-22)18-6-5-7-19(14-18)30-15-17-8-9-17/h2-3,5-7,14,16-17,24H,4,8-13,15H2,1H3,(H,23,26,27)/b3-2+/t16-/m1/s1. The SMILES string of the molecule is C[C@@H]1C(=O)NC(=O)N1C/C=C/CCS(=O)(=O)NC1(c2cccc(OCC3CC3)c2)CC1. The van der Waals surface area contributed by atoms with Crippen LogP contribution in [0.1, 0.15) is 44.6 Å². The summed E-state index contributed by atoms with van der Waals surface area (Å²) in [6.07, 6.45) is 7.76. The molecule has 3 amide bonds. The Morgan fingerprint density at radius 3 is 2.68 bits per heavy atom. The zero-order valence-corrected chi connectivity index (χ0v) is 18.5. The molecule has 8 nitrogen and oxygen atoms in total. The molecule has 1 atom stereocenters. The molecule has 0 unspecified atom stereocenters. The molecule has 3 fully saturated rings. The molecule has 1 saturated heterocycles. The maximum absolute atomic E-state index is 12.6. The highest BCUT2D eigenvalue weighted by Crippen LogP contribution is 2.47. The van der Waals surface area contributed by atoms with Crippen LogP contribution in [0.15, 0.2) is 36.4 Å². The maximum atomic E-state index is 12.6. The molecule has 4 rings (SSSR count). The molecule has 0 bridgehead atoms. The molecule has 2 N–H and O–H groups in total. The van der Waals surface area contributed by atoms with Gasteiger partial charge < -0.3 is 9.64 Å². The van der Waals surface area contributed by atoms with E-state index in [1.165, 1.54) is 17.7 Å². The minimum Gasteiger partial charge on any atom is -0.493 e. The largest absolute Gasteiger partial charge is 0.493 e. The first-order chi connectivity index (χ1) is 14.8. The molecular weight excluding hydrogens is 418 g/mol. The first kappa shape index (κ1) is 21.8. The predicted molar refractivity (Wildman–Crippen MR) is 116 cm³/mol. The van der Waals surface area contributed by atoms with E-state index in [9.17, 15) is 18.0 Å². The molecule has 1 heterocycles. The van der Waals surface area contributed by atoms with Crippen LogP contribution in [0.25, 0.3) is 0 Å².